The molecule has 0 spiro atoms. The van der Waals surface area contributed by atoms with Crippen molar-refractivity contribution in [1.29, 1.82) is 0 Å². The molecule has 0 saturated heterocycles. The monoisotopic (exact) mass is 272 g/mol. The van der Waals surface area contributed by atoms with Gasteiger partial charge < -0.3 is 9.84 Å². The number of ether oxygens (including phenoxy) is 1. The lowest BCUT2D eigenvalue weighted by Gasteiger charge is -2.09. The van der Waals surface area contributed by atoms with Crippen LogP contribution in [0.5, 0.6) is 5.75 Å². The van der Waals surface area contributed by atoms with Gasteiger partial charge in [0.15, 0.2) is 0 Å². The molecule has 0 aliphatic rings. The van der Waals surface area contributed by atoms with Crippen molar-refractivity contribution in [3.63, 3.8) is 0 Å². The average Bonchev–Trinajstić information content (AvgIpc) is 2.43. The van der Waals surface area contributed by atoms with Crippen LogP contribution in [0.2, 0.25) is 0 Å². The van der Waals surface area contributed by atoms with Gasteiger partial charge in [-0.1, -0.05) is 44.0 Å². The molecule has 0 unspecified atom stereocenters. The Morgan fingerprint density at radius 2 is 2.05 bits per heavy atom. The molecule has 0 aliphatic carbocycles. The highest BCUT2D eigenvalue weighted by atomic mass is 16.5. The Morgan fingerprint density at radius 1 is 1.20 bits per heavy atom. The van der Waals surface area contributed by atoms with Crippen LogP contribution in [0.4, 0.5) is 0 Å². The summed E-state index contributed by atoms with van der Waals surface area (Å²) in [7, 11) is 0. The Bertz CT molecular complexity index is 590. The molecule has 0 fully saturated rings. The van der Waals surface area contributed by atoms with Crippen LogP contribution in [0.3, 0.4) is 0 Å². The van der Waals surface area contributed by atoms with Crippen LogP contribution in [0.25, 0.3) is 10.8 Å². The first kappa shape index (κ1) is 14.4. The molecular formula is C17H20O3. The molecule has 0 atom stereocenters. The van der Waals surface area contributed by atoms with E-state index in [-0.39, 0.29) is 6.42 Å². The first-order valence-corrected chi connectivity index (χ1v) is 7.07. The van der Waals surface area contributed by atoms with Crippen LogP contribution in [0.15, 0.2) is 36.4 Å². The maximum Gasteiger partial charge on any atom is 0.307 e. The number of hydrogen-bond donors (Lipinski definition) is 1. The number of carboxylic acid groups (broad SMARTS) is 1. The van der Waals surface area contributed by atoms with Crippen molar-refractivity contribution in [1.82, 2.24) is 0 Å². The van der Waals surface area contributed by atoms with E-state index in [1.165, 1.54) is 6.42 Å². The molecule has 106 valence electrons. The third-order valence-electron chi connectivity index (χ3n) is 3.30. The number of hydrogen-bond acceptors (Lipinski definition) is 2. The van der Waals surface area contributed by atoms with Gasteiger partial charge in [0.25, 0.3) is 0 Å². The van der Waals surface area contributed by atoms with Crippen molar-refractivity contribution in [3.05, 3.63) is 42.0 Å². The number of benzene rings is 2. The van der Waals surface area contributed by atoms with E-state index in [0.29, 0.717) is 6.61 Å². The van der Waals surface area contributed by atoms with Gasteiger partial charge in [-0.3, -0.25) is 4.79 Å². The van der Waals surface area contributed by atoms with Crippen LogP contribution in [-0.4, -0.2) is 17.7 Å². The lowest BCUT2D eigenvalue weighted by molar-refractivity contribution is -0.136. The van der Waals surface area contributed by atoms with Crippen LogP contribution in [0.1, 0.15) is 31.7 Å². The molecule has 3 nitrogen and oxygen atoms in total. The number of fused-ring (bicyclic) bond motifs is 1. The van der Waals surface area contributed by atoms with Crippen molar-refractivity contribution >= 4 is 16.7 Å². The molecule has 3 heteroatoms. The normalized spacial score (nSPS) is 10.7. The second kappa shape index (κ2) is 6.94. The predicted molar refractivity (Wildman–Crippen MR) is 80.3 cm³/mol. The second-order valence-corrected chi connectivity index (χ2v) is 4.93. The summed E-state index contributed by atoms with van der Waals surface area (Å²) in [5.74, 6) is -0.00166. The molecule has 20 heavy (non-hydrogen) atoms. The molecule has 2 aromatic rings. The summed E-state index contributed by atoms with van der Waals surface area (Å²) in [6.07, 6.45) is 3.42. The van der Waals surface area contributed by atoms with Gasteiger partial charge in [-0.2, -0.15) is 0 Å². The highest BCUT2D eigenvalue weighted by Crippen LogP contribution is 2.24. The van der Waals surface area contributed by atoms with Gasteiger partial charge in [-0.05, 0) is 34.9 Å². The largest absolute Gasteiger partial charge is 0.494 e. The van der Waals surface area contributed by atoms with Crippen LogP contribution >= 0.6 is 0 Å². The van der Waals surface area contributed by atoms with Crippen molar-refractivity contribution < 1.29 is 14.6 Å². The van der Waals surface area contributed by atoms with Gasteiger partial charge in [-0.25, -0.2) is 0 Å². The second-order valence-electron chi connectivity index (χ2n) is 4.93. The first-order chi connectivity index (χ1) is 9.70. The maximum atomic E-state index is 10.9. The third-order valence-corrected chi connectivity index (χ3v) is 3.30. The Kier molecular flexibility index (Phi) is 4.99. The van der Waals surface area contributed by atoms with Crippen LogP contribution in [-0.2, 0) is 11.2 Å². The Balaban J connectivity index is 2.20. The zero-order valence-corrected chi connectivity index (χ0v) is 11.8. The molecule has 2 aromatic carbocycles. The molecule has 0 bridgehead atoms. The Hall–Kier alpha value is -2.03. The molecule has 0 saturated carbocycles. The summed E-state index contributed by atoms with van der Waals surface area (Å²) in [4.78, 5) is 10.9. The zero-order chi connectivity index (χ0) is 14.4. The van der Waals surface area contributed by atoms with E-state index in [9.17, 15) is 4.79 Å². The highest BCUT2D eigenvalue weighted by Gasteiger charge is 2.06. The topological polar surface area (TPSA) is 46.5 Å². The van der Waals surface area contributed by atoms with Gasteiger partial charge in [0.05, 0.1) is 13.0 Å². The minimum atomic E-state index is -0.813. The fourth-order valence-electron chi connectivity index (χ4n) is 2.27. The third kappa shape index (κ3) is 3.73. The van der Waals surface area contributed by atoms with E-state index in [1.54, 1.807) is 0 Å². The van der Waals surface area contributed by atoms with Crippen LogP contribution < -0.4 is 4.74 Å². The van der Waals surface area contributed by atoms with E-state index in [4.69, 9.17) is 9.84 Å². The summed E-state index contributed by atoms with van der Waals surface area (Å²) < 4.78 is 5.73. The lowest BCUT2D eigenvalue weighted by atomic mass is 10.0. The van der Waals surface area contributed by atoms with Gasteiger partial charge in [0, 0.05) is 0 Å². The summed E-state index contributed by atoms with van der Waals surface area (Å²) in [5.41, 5.74) is 0.828. The van der Waals surface area contributed by atoms with Gasteiger partial charge in [0.1, 0.15) is 5.75 Å². The Morgan fingerprint density at radius 3 is 2.80 bits per heavy atom. The summed E-state index contributed by atoms with van der Waals surface area (Å²) in [6, 6.07) is 11.6. The fourth-order valence-corrected chi connectivity index (χ4v) is 2.27. The smallest absolute Gasteiger partial charge is 0.307 e. The van der Waals surface area contributed by atoms with Crippen molar-refractivity contribution in [3.8, 4) is 5.75 Å². The summed E-state index contributed by atoms with van der Waals surface area (Å²) in [5, 5.41) is 11.0. The lowest BCUT2D eigenvalue weighted by Crippen LogP contribution is -2.01. The fraction of sp³-hybridized carbons (Fsp3) is 0.353. The molecule has 0 aromatic heterocycles. The number of rotatable bonds is 7. The van der Waals surface area contributed by atoms with E-state index >= 15 is 0 Å². The highest BCUT2D eigenvalue weighted by molar-refractivity contribution is 5.89. The number of aliphatic carboxylic acids is 1. The number of unbranched alkanes of at least 4 members (excludes halogenated alkanes) is 2. The van der Waals surface area contributed by atoms with E-state index in [2.05, 4.69) is 6.92 Å². The van der Waals surface area contributed by atoms with Gasteiger partial charge >= 0.3 is 5.97 Å². The standard InChI is InChI=1S/C17H20O3/c1-2-3-4-10-20-15-9-8-13-6-5-7-14(11-17(18)19)16(13)12-15/h5-9,12H,2-4,10-11H2,1H3,(H,18,19). The number of carboxylic acids is 1. The minimum absolute atomic E-state index is 0.0383. The minimum Gasteiger partial charge on any atom is -0.494 e. The molecule has 2 rings (SSSR count). The van der Waals surface area contributed by atoms with E-state index < -0.39 is 5.97 Å². The first-order valence-electron chi connectivity index (χ1n) is 7.07. The summed E-state index contributed by atoms with van der Waals surface area (Å²) in [6.45, 7) is 2.87. The molecule has 0 aliphatic heterocycles. The van der Waals surface area contributed by atoms with Gasteiger partial charge in [0.2, 0.25) is 0 Å². The average molecular weight is 272 g/mol. The van der Waals surface area contributed by atoms with Crippen LogP contribution in [0, 0.1) is 0 Å². The predicted octanol–water partition coefficient (Wildman–Crippen LogP) is 4.04. The SMILES string of the molecule is CCCCCOc1ccc2cccc(CC(=O)O)c2c1. The Labute approximate surface area is 119 Å². The molecular weight excluding hydrogens is 252 g/mol. The quantitative estimate of drug-likeness (QED) is 0.774. The van der Waals surface area contributed by atoms with E-state index in [1.807, 2.05) is 36.4 Å². The summed E-state index contributed by atoms with van der Waals surface area (Å²) >= 11 is 0. The van der Waals surface area contributed by atoms with Crippen molar-refractivity contribution in [2.75, 3.05) is 6.61 Å². The van der Waals surface area contributed by atoms with Crippen molar-refractivity contribution in [2.24, 2.45) is 0 Å². The molecule has 0 heterocycles. The molecule has 1 N–H and O–H groups in total. The maximum absolute atomic E-state index is 10.9. The number of carbonyl (C=O) groups is 1. The molecule has 0 amide bonds. The van der Waals surface area contributed by atoms with E-state index in [0.717, 1.165) is 34.9 Å². The van der Waals surface area contributed by atoms with Gasteiger partial charge in [-0.15, -0.1) is 0 Å². The molecule has 0 radical (unpaired) electrons. The van der Waals surface area contributed by atoms with Crippen molar-refractivity contribution in [2.45, 2.75) is 32.6 Å². The zero-order valence-electron chi connectivity index (χ0n) is 11.8.